The normalized spacial score (nSPS) is 13.3. The van der Waals surface area contributed by atoms with Gasteiger partial charge in [0.05, 0.1) is 0 Å². The molecule has 0 aliphatic heterocycles. The lowest BCUT2D eigenvalue weighted by molar-refractivity contribution is 0.551. The number of hydrogen-bond donors (Lipinski definition) is 1. The van der Waals surface area contributed by atoms with Crippen molar-refractivity contribution in [1.82, 2.24) is 5.32 Å². The van der Waals surface area contributed by atoms with E-state index in [9.17, 15) is 0 Å². The Morgan fingerprint density at radius 3 is 2.20 bits per heavy atom. The highest BCUT2D eigenvalue weighted by atomic mass is 14.9. The van der Waals surface area contributed by atoms with Crippen LogP contribution in [0.3, 0.4) is 0 Å². The van der Waals surface area contributed by atoms with Gasteiger partial charge in [-0.05, 0) is 26.2 Å². The first kappa shape index (κ1) is 9.54. The van der Waals surface area contributed by atoms with Gasteiger partial charge < -0.3 is 5.32 Å². The third-order valence-corrected chi connectivity index (χ3v) is 1.68. The van der Waals surface area contributed by atoms with Gasteiger partial charge in [-0.15, -0.1) is 0 Å². The summed E-state index contributed by atoms with van der Waals surface area (Å²) in [5.41, 5.74) is 1.16. The van der Waals surface area contributed by atoms with Crippen molar-refractivity contribution in [3.8, 4) is 0 Å². The summed E-state index contributed by atoms with van der Waals surface area (Å²) in [5.74, 6) is 0.599. The van der Waals surface area contributed by atoms with Gasteiger partial charge in [-0.1, -0.05) is 20.4 Å². The summed E-state index contributed by atoms with van der Waals surface area (Å²) in [6, 6.07) is 0.515. The number of nitrogens with one attached hydrogen (secondary N) is 1. The Morgan fingerprint density at radius 1 is 1.40 bits per heavy atom. The average Bonchev–Trinajstić information content (AvgIpc) is 1.85. The minimum atomic E-state index is 0.515. The maximum Gasteiger partial charge on any atom is 0.0201 e. The van der Waals surface area contributed by atoms with E-state index >= 15 is 0 Å². The van der Waals surface area contributed by atoms with Crippen LogP contribution in [0, 0.1) is 5.92 Å². The van der Waals surface area contributed by atoms with Crippen molar-refractivity contribution in [1.29, 1.82) is 0 Å². The van der Waals surface area contributed by atoms with Crippen LogP contribution in [0.1, 0.15) is 34.1 Å². The predicted octanol–water partition coefficient (Wildman–Crippen LogP) is 2.54. The molecule has 0 bridgehead atoms. The van der Waals surface area contributed by atoms with Gasteiger partial charge in [0.15, 0.2) is 0 Å². The van der Waals surface area contributed by atoms with E-state index < -0.39 is 0 Å². The molecular weight excluding hydrogens is 122 g/mol. The smallest absolute Gasteiger partial charge is 0.0201 e. The highest BCUT2D eigenvalue weighted by Crippen LogP contribution is 2.08. The lowest BCUT2D eigenvalue weighted by Gasteiger charge is -2.17. The van der Waals surface area contributed by atoms with E-state index in [-0.39, 0.29) is 0 Å². The largest absolute Gasteiger partial charge is 0.386 e. The maximum atomic E-state index is 3.95. The topological polar surface area (TPSA) is 12.0 Å². The van der Waals surface area contributed by atoms with Gasteiger partial charge in [-0.3, -0.25) is 0 Å². The van der Waals surface area contributed by atoms with Crippen molar-refractivity contribution in [2.75, 3.05) is 0 Å². The highest BCUT2D eigenvalue weighted by Gasteiger charge is 2.03. The summed E-state index contributed by atoms with van der Waals surface area (Å²) >= 11 is 0. The number of hydrogen-bond acceptors (Lipinski definition) is 1. The lowest BCUT2D eigenvalue weighted by atomic mass is 10.1. The van der Waals surface area contributed by atoms with Gasteiger partial charge in [0.2, 0.25) is 0 Å². The molecule has 0 fully saturated rings. The van der Waals surface area contributed by atoms with Crippen molar-refractivity contribution >= 4 is 0 Å². The Kier molecular flexibility index (Phi) is 4.17. The summed E-state index contributed by atoms with van der Waals surface area (Å²) in [5, 5.41) is 3.30. The zero-order valence-corrected chi connectivity index (χ0v) is 7.57. The molecule has 1 N–H and O–H groups in total. The molecule has 0 aromatic heterocycles. The Balaban J connectivity index is 3.62. The summed E-state index contributed by atoms with van der Waals surface area (Å²) in [6.07, 6.45) is 1.17. The summed E-state index contributed by atoms with van der Waals surface area (Å²) in [7, 11) is 0. The van der Waals surface area contributed by atoms with Crippen LogP contribution < -0.4 is 5.32 Å². The summed E-state index contributed by atoms with van der Waals surface area (Å²) < 4.78 is 0. The van der Waals surface area contributed by atoms with Crippen molar-refractivity contribution < 1.29 is 0 Å². The van der Waals surface area contributed by atoms with E-state index in [0.717, 1.165) is 5.70 Å². The van der Waals surface area contributed by atoms with Crippen molar-refractivity contribution in [3.63, 3.8) is 0 Å². The molecule has 0 aliphatic rings. The Hall–Kier alpha value is -0.460. The predicted molar refractivity (Wildman–Crippen MR) is 46.9 cm³/mol. The molecule has 0 spiro atoms. The first-order valence-electron chi connectivity index (χ1n) is 4.03. The van der Waals surface area contributed by atoms with E-state index in [0.29, 0.717) is 12.0 Å². The monoisotopic (exact) mass is 141 g/mol. The van der Waals surface area contributed by atoms with Gasteiger partial charge in [0.25, 0.3) is 0 Å². The van der Waals surface area contributed by atoms with Gasteiger partial charge in [-0.2, -0.15) is 0 Å². The van der Waals surface area contributed by atoms with E-state index in [1.54, 1.807) is 0 Å². The summed E-state index contributed by atoms with van der Waals surface area (Å²) in [6.45, 7) is 12.6. The van der Waals surface area contributed by atoms with E-state index in [4.69, 9.17) is 0 Å². The molecule has 0 radical (unpaired) electrons. The molecule has 1 atom stereocenters. The fraction of sp³-hybridized carbons (Fsp3) is 0.778. The fourth-order valence-corrected chi connectivity index (χ4v) is 0.759. The van der Waals surface area contributed by atoms with Gasteiger partial charge in [0, 0.05) is 11.7 Å². The second kappa shape index (κ2) is 4.37. The second-order valence-electron chi connectivity index (χ2n) is 3.13. The Morgan fingerprint density at radius 2 is 1.90 bits per heavy atom. The van der Waals surface area contributed by atoms with Crippen LogP contribution in [-0.2, 0) is 0 Å². The first-order chi connectivity index (χ1) is 4.57. The molecule has 1 nitrogen and oxygen atoms in total. The third kappa shape index (κ3) is 3.54. The zero-order valence-electron chi connectivity index (χ0n) is 7.57. The minimum absolute atomic E-state index is 0.515. The Bertz CT molecular complexity index is 105. The van der Waals surface area contributed by atoms with E-state index in [1.807, 2.05) is 0 Å². The standard InChI is InChI=1S/C9H19N/c1-6-8(4)9(5)10-7(2)3/h7-8,10H,5-6H2,1-4H3. The minimum Gasteiger partial charge on any atom is -0.386 e. The average molecular weight is 141 g/mol. The molecule has 0 heterocycles. The van der Waals surface area contributed by atoms with Crippen molar-refractivity contribution in [3.05, 3.63) is 12.3 Å². The molecule has 60 valence electrons. The van der Waals surface area contributed by atoms with Crippen molar-refractivity contribution in [2.24, 2.45) is 5.92 Å². The molecular formula is C9H19N. The van der Waals surface area contributed by atoms with Gasteiger partial charge >= 0.3 is 0 Å². The molecule has 0 amide bonds. The first-order valence-corrected chi connectivity index (χ1v) is 4.03. The van der Waals surface area contributed by atoms with Gasteiger partial charge in [0.1, 0.15) is 0 Å². The van der Waals surface area contributed by atoms with Gasteiger partial charge in [-0.25, -0.2) is 0 Å². The molecule has 0 rings (SSSR count). The third-order valence-electron chi connectivity index (χ3n) is 1.68. The van der Waals surface area contributed by atoms with Crippen LogP contribution in [0.2, 0.25) is 0 Å². The maximum absolute atomic E-state index is 3.95. The zero-order chi connectivity index (χ0) is 8.15. The molecule has 0 saturated heterocycles. The SMILES string of the molecule is C=C(NC(C)C)C(C)CC. The molecule has 1 heteroatoms. The quantitative estimate of drug-likeness (QED) is 0.634. The Labute approximate surface area is 64.5 Å². The highest BCUT2D eigenvalue weighted by molar-refractivity contribution is 4.96. The van der Waals surface area contributed by atoms with Crippen LogP contribution in [0.4, 0.5) is 0 Å². The molecule has 0 saturated carbocycles. The molecule has 10 heavy (non-hydrogen) atoms. The molecule has 0 aromatic rings. The van der Waals surface area contributed by atoms with Crippen LogP contribution in [0.15, 0.2) is 12.3 Å². The lowest BCUT2D eigenvalue weighted by Crippen LogP contribution is -2.24. The molecule has 0 aromatic carbocycles. The van der Waals surface area contributed by atoms with Crippen LogP contribution >= 0.6 is 0 Å². The van der Waals surface area contributed by atoms with Crippen molar-refractivity contribution in [2.45, 2.75) is 40.2 Å². The fourth-order valence-electron chi connectivity index (χ4n) is 0.759. The van der Waals surface area contributed by atoms with E-state index in [2.05, 4.69) is 39.6 Å². The van der Waals surface area contributed by atoms with E-state index in [1.165, 1.54) is 6.42 Å². The van der Waals surface area contributed by atoms with Crippen LogP contribution in [-0.4, -0.2) is 6.04 Å². The number of allylic oxidation sites excluding steroid dienone is 1. The molecule has 1 unspecified atom stereocenters. The van der Waals surface area contributed by atoms with Crippen LogP contribution in [0.5, 0.6) is 0 Å². The number of rotatable bonds is 4. The second-order valence-corrected chi connectivity index (χ2v) is 3.13. The van der Waals surface area contributed by atoms with Crippen LogP contribution in [0.25, 0.3) is 0 Å². The summed E-state index contributed by atoms with van der Waals surface area (Å²) in [4.78, 5) is 0. The molecule has 0 aliphatic carbocycles.